The Labute approximate surface area is 291 Å². The van der Waals surface area contributed by atoms with Gasteiger partial charge in [0.05, 0.1) is 39.6 Å². The van der Waals surface area contributed by atoms with E-state index in [1.165, 1.54) is 7.11 Å². The Hall–Kier alpha value is -3.34. The molecule has 0 unspecified atom stereocenters. The Morgan fingerprint density at radius 3 is 2.56 bits per heavy atom. The second-order valence-electron chi connectivity index (χ2n) is 9.64. The lowest BCUT2D eigenvalue weighted by Crippen LogP contribution is -2.45. The third-order valence-electron chi connectivity index (χ3n) is 6.43. The lowest BCUT2D eigenvalue weighted by molar-refractivity contribution is -0.136. The number of carbonyl (C=O) groups is 2. The second kappa shape index (κ2) is 16.3. The molecule has 1 aliphatic rings. The van der Waals surface area contributed by atoms with Crippen LogP contribution < -0.4 is 30.3 Å². The van der Waals surface area contributed by atoms with Crippen molar-refractivity contribution in [1.29, 1.82) is 0 Å². The smallest absolute Gasteiger partial charge is 0.337 e. The second-order valence-corrected chi connectivity index (χ2v) is 12.6. The number of hydrogen-bond donors (Lipinski definition) is 4. The van der Waals surface area contributed by atoms with Gasteiger partial charge in [-0.05, 0) is 105 Å². The zero-order valence-corrected chi connectivity index (χ0v) is 29.9. The molecule has 3 aromatic rings. The Kier molecular flexibility index (Phi) is 12.5. The van der Waals surface area contributed by atoms with Crippen molar-refractivity contribution in [1.82, 2.24) is 16.1 Å². The zero-order valence-electron chi connectivity index (χ0n) is 24.5. The summed E-state index contributed by atoms with van der Waals surface area (Å²) in [5.74, 6) is 0.898. The normalized spacial score (nSPS) is 15.3. The van der Waals surface area contributed by atoms with Crippen LogP contribution in [0.15, 0.2) is 79.9 Å². The Morgan fingerprint density at radius 2 is 1.87 bits per heavy atom. The molecular formula is C31H31Br2IN4O7. The van der Waals surface area contributed by atoms with Crippen LogP contribution in [0.25, 0.3) is 0 Å². The maximum absolute atomic E-state index is 12.4. The van der Waals surface area contributed by atoms with Gasteiger partial charge in [-0.1, -0.05) is 34.1 Å². The van der Waals surface area contributed by atoms with E-state index < -0.39 is 24.3 Å². The molecule has 4 rings (SSSR count). The summed E-state index contributed by atoms with van der Waals surface area (Å²) in [7, 11) is 1.28. The van der Waals surface area contributed by atoms with E-state index in [0.717, 1.165) is 29.4 Å². The molecule has 4 N–H and O–H groups in total. The monoisotopic (exact) mass is 856 g/mol. The van der Waals surface area contributed by atoms with Gasteiger partial charge < -0.3 is 34.7 Å². The molecular weight excluding hydrogens is 827 g/mol. The molecule has 0 saturated carbocycles. The van der Waals surface area contributed by atoms with Gasteiger partial charge in [0.1, 0.15) is 19.0 Å². The quantitative estimate of drug-likeness (QED) is 0.0547. The van der Waals surface area contributed by atoms with Crippen LogP contribution in [0.4, 0.5) is 4.79 Å². The minimum Gasteiger partial charge on any atom is -0.490 e. The molecule has 0 bridgehead atoms. The molecule has 14 heteroatoms. The molecule has 1 heterocycles. The maximum Gasteiger partial charge on any atom is 0.337 e. The zero-order chi connectivity index (χ0) is 32.5. The molecule has 1 aliphatic heterocycles. The number of ether oxygens (including phenoxy) is 4. The van der Waals surface area contributed by atoms with Gasteiger partial charge >= 0.3 is 12.0 Å². The van der Waals surface area contributed by atoms with E-state index >= 15 is 0 Å². The number of hydrogen-bond acceptors (Lipinski definition) is 9. The highest BCUT2D eigenvalue weighted by molar-refractivity contribution is 14.1. The first kappa shape index (κ1) is 34.5. The topological polar surface area (TPSA) is 140 Å². The largest absolute Gasteiger partial charge is 0.490 e. The number of benzene rings is 3. The van der Waals surface area contributed by atoms with Crippen molar-refractivity contribution in [2.24, 2.45) is 5.10 Å². The Bertz CT molecular complexity index is 1580. The molecule has 11 nitrogen and oxygen atoms in total. The predicted octanol–water partition coefficient (Wildman–Crippen LogP) is 5.92. The van der Waals surface area contributed by atoms with Gasteiger partial charge in [0, 0.05) is 10.2 Å². The molecule has 0 saturated heterocycles. The fourth-order valence-electron chi connectivity index (χ4n) is 4.35. The highest BCUT2D eigenvalue weighted by Gasteiger charge is 2.32. The number of carbonyl (C=O) groups excluding carboxylic acids is 2. The number of hydrazone groups is 1. The van der Waals surface area contributed by atoms with Crippen molar-refractivity contribution >= 4 is 72.7 Å². The summed E-state index contributed by atoms with van der Waals surface area (Å²) in [4.78, 5) is 24.6. The average Bonchev–Trinajstić information content (AvgIpc) is 3.00. The van der Waals surface area contributed by atoms with Gasteiger partial charge in [-0.25, -0.2) is 9.59 Å². The summed E-state index contributed by atoms with van der Waals surface area (Å²) in [6.45, 7) is 4.07. The number of nitrogens with zero attached hydrogens (tertiary/aromatic N) is 1. The number of halogens is 3. The summed E-state index contributed by atoms with van der Waals surface area (Å²) in [5.41, 5.74) is 5.75. The van der Waals surface area contributed by atoms with Crippen molar-refractivity contribution in [2.75, 3.05) is 20.3 Å². The van der Waals surface area contributed by atoms with Gasteiger partial charge in [-0.15, -0.1) is 0 Å². The number of methoxy groups -OCH3 is 1. The van der Waals surface area contributed by atoms with E-state index in [1.807, 2.05) is 43.3 Å². The van der Waals surface area contributed by atoms with Crippen LogP contribution in [0, 0.1) is 3.57 Å². The highest BCUT2D eigenvalue weighted by atomic mass is 127. The standard InChI is InChI=1S/C31H31Br2IN4O7/c1-4-43-25-13-20(28-27(30(40)42-3)17(2)36-31(41)37-28)7-10-24(25)44-16-26(39)38-35-14-19-11-22(33)29(23(34)12-19)45-15-18-5-8-21(32)9-6-18/h5-14,26,28,38-39H,4,15-16H2,1-3H3,(H2,36,37,41)/b35-14-/t26-,28-/m1/s1. The van der Waals surface area contributed by atoms with Gasteiger partial charge in [0.25, 0.3) is 0 Å². The minimum absolute atomic E-state index is 0.142. The number of esters is 1. The van der Waals surface area contributed by atoms with E-state index in [2.05, 4.69) is 75.6 Å². The van der Waals surface area contributed by atoms with E-state index in [0.29, 0.717) is 36.0 Å². The summed E-state index contributed by atoms with van der Waals surface area (Å²) in [6.07, 6.45) is 0.447. The lowest BCUT2D eigenvalue weighted by atomic mass is 9.95. The Balaban J connectivity index is 1.37. The van der Waals surface area contributed by atoms with Crippen LogP contribution in [-0.4, -0.2) is 49.9 Å². The predicted molar refractivity (Wildman–Crippen MR) is 184 cm³/mol. The van der Waals surface area contributed by atoms with Gasteiger partial charge in [0.15, 0.2) is 17.7 Å². The fourth-order valence-corrected chi connectivity index (χ4v) is 6.38. The maximum atomic E-state index is 12.4. The van der Waals surface area contributed by atoms with Gasteiger partial charge in [0.2, 0.25) is 0 Å². The number of amides is 2. The SMILES string of the molecule is CCOc1cc([C@H]2NC(=O)NC(C)=C2C(=O)OC)ccc1OC[C@@H](O)N/N=C\c1cc(Br)c(OCc2ccc(Br)cc2)c(I)c1. The fraction of sp³-hybridized carbons (Fsp3) is 0.258. The summed E-state index contributed by atoms with van der Waals surface area (Å²) >= 11 is 9.21. The van der Waals surface area contributed by atoms with Crippen LogP contribution in [-0.2, 0) is 16.1 Å². The number of nitrogens with one attached hydrogen (secondary N) is 3. The van der Waals surface area contributed by atoms with Crippen LogP contribution in [0.3, 0.4) is 0 Å². The van der Waals surface area contributed by atoms with Gasteiger partial charge in [-0.3, -0.25) is 5.43 Å². The first-order valence-electron chi connectivity index (χ1n) is 13.7. The minimum atomic E-state index is -1.13. The number of rotatable bonds is 13. The van der Waals surface area contributed by atoms with E-state index in [1.54, 1.807) is 31.3 Å². The van der Waals surface area contributed by atoms with Crippen LogP contribution in [0.5, 0.6) is 17.2 Å². The lowest BCUT2D eigenvalue weighted by Gasteiger charge is -2.28. The highest BCUT2D eigenvalue weighted by Crippen LogP contribution is 2.35. The molecule has 2 atom stereocenters. The average molecular weight is 858 g/mol. The number of aliphatic hydroxyl groups is 1. The van der Waals surface area contributed by atoms with Crippen molar-refractivity contribution in [3.8, 4) is 17.2 Å². The molecule has 45 heavy (non-hydrogen) atoms. The first-order valence-corrected chi connectivity index (χ1v) is 16.3. The first-order chi connectivity index (χ1) is 21.6. The van der Waals surface area contributed by atoms with E-state index in [9.17, 15) is 14.7 Å². The molecule has 0 spiro atoms. The van der Waals surface area contributed by atoms with Crippen LogP contribution in [0.2, 0.25) is 0 Å². The van der Waals surface area contributed by atoms with Gasteiger partial charge in [-0.2, -0.15) is 5.10 Å². The van der Waals surface area contributed by atoms with Crippen molar-refractivity contribution in [3.05, 3.63) is 95.1 Å². The van der Waals surface area contributed by atoms with Crippen molar-refractivity contribution in [2.45, 2.75) is 32.7 Å². The van der Waals surface area contributed by atoms with Crippen LogP contribution >= 0.6 is 54.5 Å². The molecule has 0 aliphatic carbocycles. The van der Waals surface area contributed by atoms with Crippen molar-refractivity contribution in [3.63, 3.8) is 0 Å². The molecule has 3 aromatic carbocycles. The summed E-state index contributed by atoms with van der Waals surface area (Å²) in [5, 5.41) is 19.9. The van der Waals surface area contributed by atoms with E-state index in [-0.39, 0.29) is 12.2 Å². The van der Waals surface area contributed by atoms with E-state index in [4.69, 9.17) is 18.9 Å². The number of urea groups is 1. The summed E-state index contributed by atoms with van der Waals surface area (Å²) < 4.78 is 25.2. The third-order valence-corrected chi connectivity index (χ3v) is 8.35. The van der Waals surface area contributed by atoms with Crippen molar-refractivity contribution < 1.29 is 33.6 Å². The summed E-state index contributed by atoms with van der Waals surface area (Å²) in [6, 6.07) is 15.5. The van der Waals surface area contributed by atoms with Crippen LogP contribution in [0.1, 0.15) is 36.6 Å². The molecule has 0 aromatic heterocycles. The number of allylic oxidation sites excluding steroid dienone is 1. The molecule has 0 fully saturated rings. The molecule has 2 amide bonds. The third kappa shape index (κ3) is 9.34. The number of aliphatic hydroxyl groups excluding tert-OH is 1. The molecule has 0 radical (unpaired) electrons. The molecule has 238 valence electrons. The Morgan fingerprint density at radius 1 is 1.11 bits per heavy atom.